The monoisotopic (exact) mass is 844 g/mol. The fourth-order valence-corrected chi connectivity index (χ4v) is 8.38. The van der Waals surface area contributed by atoms with Crippen molar-refractivity contribution in [3.8, 4) is 5.75 Å². The number of carbonyl (C=O) groups is 6. The first-order valence-corrected chi connectivity index (χ1v) is 18.7. The number of carboxylic acid groups (broad SMARTS) is 2. The number of amides is 4. The zero-order valence-corrected chi connectivity index (χ0v) is 32.2. The number of methoxy groups -OCH3 is 2. The molecule has 5 atom stereocenters. The lowest BCUT2D eigenvalue weighted by Gasteiger charge is -2.56. The van der Waals surface area contributed by atoms with Gasteiger partial charge in [-0.1, -0.05) is 35.7 Å². The zero-order chi connectivity index (χ0) is 41.7. The number of aliphatic carboxylic acids is 2. The SMILES string of the molecule is CO[C@@]1(NC(=O)C(C(=O)N[C@@]2(OC)C(=O)N3C(C(=O)O)=C(CSc4nnnn4C)COC32)c2ccc(O)cc2)C(=O)N2C(C(=O)O)=C(CSc3nnnn3C)COC21. The van der Waals surface area contributed by atoms with Gasteiger partial charge < -0.3 is 44.9 Å². The van der Waals surface area contributed by atoms with Crippen LogP contribution in [0.5, 0.6) is 5.75 Å². The molecule has 2 aromatic heterocycles. The van der Waals surface area contributed by atoms with Crippen LogP contribution in [-0.4, -0.2) is 164 Å². The molecule has 0 radical (unpaired) electrons. The molecule has 1 aromatic carbocycles. The maximum Gasteiger partial charge on any atom is 0.352 e. The van der Waals surface area contributed by atoms with Crippen molar-refractivity contribution in [2.24, 2.45) is 14.1 Å². The summed E-state index contributed by atoms with van der Waals surface area (Å²) in [4.78, 5) is 82.8. The van der Waals surface area contributed by atoms with Gasteiger partial charge >= 0.3 is 11.9 Å². The van der Waals surface area contributed by atoms with Crippen molar-refractivity contribution in [1.82, 2.24) is 60.8 Å². The van der Waals surface area contributed by atoms with Gasteiger partial charge in [0.15, 0.2) is 12.5 Å². The van der Waals surface area contributed by atoms with Gasteiger partial charge in [-0.3, -0.25) is 29.0 Å². The number of aromatic nitrogens is 8. The number of fused-ring (bicyclic) bond motifs is 2. The van der Waals surface area contributed by atoms with E-state index in [1.807, 2.05) is 0 Å². The van der Waals surface area contributed by atoms with Gasteiger partial charge in [0, 0.05) is 39.8 Å². The number of aromatic hydroxyl groups is 1. The largest absolute Gasteiger partial charge is 0.508 e. The Bertz CT molecular complexity index is 2150. The maximum absolute atomic E-state index is 14.3. The van der Waals surface area contributed by atoms with Gasteiger partial charge in [0.2, 0.25) is 22.1 Å². The Kier molecular flexibility index (Phi) is 10.7. The van der Waals surface area contributed by atoms with Crippen LogP contribution in [0.15, 0.2) is 57.1 Å². The lowest BCUT2D eigenvalue weighted by molar-refractivity contribution is -0.259. The molecular formula is C31H32N12O13S2. The summed E-state index contributed by atoms with van der Waals surface area (Å²) in [6.07, 6.45) is -3.01. The number of thioether (sulfide) groups is 2. The van der Waals surface area contributed by atoms with Crippen molar-refractivity contribution in [3.05, 3.63) is 52.4 Å². The van der Waals surface area contributed by atoms with E-state index in [9.17, 15) is 44.1 Å². The number of ether oxygens (including phenoxy) is 4. The first-order chi connectivity index (χ1) is 27.7. The van der Waals surface area contributed by atoms with E-state index >= 15 is 0 Å². The fourth-order valence-electron chi connectivity index (χ4n) is 6.70. The third-order valence-electron chi connectivity index (χ3n) is 9.55. The highest BCUT2D eigenvalue weighted by molar-refractivity contribution is 7.99. The summed E-state index contributed by atoms with van der Waals surface area (Å²) in [6, 6.07) is 4.84. The van der Waals surface area contributed by atoms with Crippen LogP contribution in [0.2, 0.25) is 0 Å². The molecule has 4 aliphatic heterocycles. The van der Waals surface area contributed by atoms with E-state index in [1.54, 1.807) is 14.1 Å². The van der Waals surface area contributed by atoms with Crippen molar-refractivity contribution >= 4 is 59.1 Å². The Morgan fingerprint density at radius 1 is 0.793 bits per heavy atom. The number of hydrogen-bond donors (Lipinski definition) is 5. The van der Waals surface area contributed by atoms with Gasteiger partial charge in [0.25, 0.3) is 23.3 Å². The molecule has 27 heteroatoms. The summed E-state index contributed by atoms with van der Waals surface area (Å²) in [5.41, 5.74) is -5.13. The number of benzene rings is 1. The number of nitrogens with one attached hydrogen (secondary N) is 2. The van der Waals surface area contributed by atoms with E-state index in [0.717, 1.165) is 47.5 Å². The molecule has 58 heavy (non-hydrogen) atoms. The molecule has 5 N–H and O–H groups in total. The summed E-state index contributed by atoms with van der Waals surface area (Å²) < 4.78 is 25.5. The van der Waals surface area contributed by atoms with E-state index in [4.69, 9.17) is 18.9 Å². The van der Waals surface area contributed by atoms with Crippen LogP contribution in [0.1, 0.15) is 11.5 Å². The highest BCUT2D eigenvalue weighted by atomic mass is 32.2. The predicted octanol–water partition coefficient (Wildman–Crippen LogP) is -2.90. The van der Waals surface area contributed by atoms with Crippen molar-refractivity contribution in [3.63, 3.8) is 0 Å². The van der Waals surface area contributed by atoms with Crippen molar-refractivity contribution in [1.29, 1.82) is 0 Å². The van der Waals surface area contributed by atoms with Crippen molar-refractivity contribution in [2.75, 3.05) is 38.9 Å². The quantitative estimate of drug-likeness (QED) is 0.0443. The van der Waals surface area contributed by atoms with Crippen LogP contribution in [0.4, 0.5) is 0 Å². The van der Waals surface area contributed by atoms with Gasteiger partial charge in [-0.25, -0.2) is 19.0 Å². The van der Waals surface area contributed by atoms with E-state index in [0.29, 0.717) is 10.3 Å². The molecule has 6 heterocycles. The number of tetrazole rings is 2. The van der Waals surface area contributed by atoms with Crippen LogP contribution in [-0.2, 0) is 61.8 Å². The first-order valence-electron chi connectivity index (χ1n) is 16.7. The molecule has 0 aliphatic carbocycles. The third-order valence-corrected chi connectivity index (χ3v) is 11.7. The lowest BCUT2D eigenvalue weighted by atomic mass is 9.90. The van der Waals surface area contributed by atoms with Crippen molar-refractivity contribution < 1.29 is 63.0 Å². The minimum Gasteiger partial charge on any atom is -0.508 e. The van der Waals surface area contributed by atoms with Crippen LogP contribution < -0.4 is 10.6 Å². The molecule has 0 saturated carbocycles. The lowest BCUT2D eigenvalue weighted by Crippen LogP contribution is -2.83. The average molecular weight is 845 g/mol. The zero-order valence-electron chi connectivity index (χ0n) is 30.6. The summed E-state index contributed by atoms with van der Waals surface area (Å²) in [6.45, 7) is -0.615. The molecule has 4 aliphatic rings. The molecule has 2 saturated heterocycles. The molecule has 306 valence electrons. The predicted molar refractivity (Wildman–Crippen MR) is 188 cm³/mol. The number of carboxylic acids is 2. The molecule has 25 nitrogen and oxygen atoms in total. The summed E-state index contributed by atoms with van der Waals surface area (Å²) in [5, 5.41) is 58.0. The van der Waals surface area contributed by atoms with Crippen LogP contribution in [0.25, 0.3) is 0 Å². The van der Waals surface area contributed by atoms with Crippen LogP contribution in [0.3, 0.4) is 0 Å². The second-order valence-corrected chi connectivity index (χ2v) is 14.7. The molecule has 0 bridgehead atoms. The number of phenolic OH excluding ortho intramolecular Hbond substituents is 1. The number of hydrogen-bond acceptors (Lipinski definition) is 19. The normalized spacial score (nSPS) is 24.4. The Hall–Kier alpha value is -6.00. The second-order valence-electron chi connectivity index (χ2n) is 12.8. The minimum atomic E-state index is -2.33. The van der Waals surface area contributed by atoms with Crippen LogP contribution in [0, 0.1) is 0 Å². The number of β-lactam (4-membered cyclic amide) rings is 2. The summed E-state index contributed by atoms with van der Waals surface area (Å²) >= 11 is 2.19. The van der Waals surface area contributed by atoms with Crippen molar-refractivity contribution in [2.45, 2.75) is 40.1 Å². The number of nitrogens with zero attached hydrogens (tertiary/aromatic N) is 10. The molecule has 7 rings (SSSR count). The van der Waals surface area contributed by atoms with Gasteiger partial charge in [-0.15, -0.1) is 10.2 Å². The Morgan fingerprint density at radius 3 is 1.55 bits per heavy atom. The number of aryl methyl sites for hydroxylation is 2. The molecule has 3 aromatic rings. The average Bonchev–Trinajstić information content (AvgIpc) is 3.82. The van der Waals surface area contributed by atoms with E-state index in [2.05, 4.69) is 41.7 Å². The molecule has 2 fully saturated rings. The van der Waals surface area contributed by atoms with Gasteiger partial charge in [0.1, 0.15) is 23.1 Å². The summed E-state index contributed by atoms with van der Waals surface area (Å²) in [7, 11) is 5.31. The van der Waals surface area contributed by atoms with Gasteiger partial charge in [-0.05, 0) is 49.7 Å². The third kappa shape index (κ3) is 6.49. The molecular weight excluding hydrogens is 813 g/mol. The number of carbonyl (C=O) groups excluding carboxylic acids is 4. The smallest absolute Gasteiger partial charge is 0.352 e. The minimum absolute atomic E-state index is 0.0222. The van der Waals surface area contributed by atoms with E-state index < -0.39 is 76.8 Å². The standard InChI is InChI=1S/C31H32N12O13S2/c1-40-28(34-36-38-40)57-11-14-9-55-26-30(53-3,24(51)42(26)18(14)22(47)48)32-20(45)17(13-5-7-16(44)8-6-13)21(46)33-31(54-4)25(52)43-19(23(49)50)15(10-56-27(31)43)12-58-29-35-37-39-41(29)2/h5-8,17,26-27,44H,9-12H2,1-4H3,(H,32,45)(H,33,46)(H,47,48)(H,49,50)/t17?,26?,27?,30-,31+. The number of rotatable bonds is 15. The number of phenols is 1. The van der Waals surface area contributed by atoms with Gasteiger partial charge in [0.05, 0.1) is 13.2 Å². The van der Waals surface area contributed by atoms with Crippen LogP contribution >= 0.6 is 23.5 Å². The van der Waals surface area contributed by atoms with E-state index in [1.165, 1.54) is 33.6 Å². The highest BCUT2D eigenvalue weighted by Gasteiger charge is 2.70. The topological polar surface area (TPSA) is 318 Å². The van der Waals surface area contributed by atoms with Gasteiger partial charge in [-0.2, -0.15) is 0 Å². The molecule has 3 unspecified atom stereocenters. The first kappa shape index (κ1) is 40.2. The fraction of sp³-hybridized carbons (Fsp3) is 0.419. The highest BCUT2D eigenvalue weighted by Crippen LogP contribution is 2.43. The molecule has 4 amide bonds. The summed E-state index contributed by atoms with van der Waals surface area (Å²) in [5.74, 6) is -9.44. The van der Waals surface area contributed by atoms with E-state index in [-0.39, 0.29) is 47.2 Å². The maximum atomic E-state index is 14.3. The Balaban J connectivity index is 1.13. The Labute approximate surface area is 333 Å². The Morgan fingerprint density at radius 2 is 1.21 bits per heavy atom. The second kappa shape index (κ2) is 15.4. The molecule has 0 spiro atoms.